The molecule has 0 saturated carbocycles. The summed E-state index contributed by atoms with van der Waals surface area (Å²) in [6, 6.07) is 7.64. The molecule has 1 rings (SSSR count). The topological polar surface area (TPSA) is 29.5 Å². The second-order valence-corrected chi connectivity index (χ2v) is 4.23. The van der Waals surface area contributed by atoms with Crippen LogP contribution in [-0.2, 0) is 0 Å². The Hall–Kier alpha value is -1.28. The Bertz CT molecular complexity index is 331. The summed E-state index contributed by atoms with van der Waals surface area (Å²) in [4.78, 5) is 0. The average molecular weight is 234 g/mol. The van der Waals surface area contributed by atoms with Crippen molar-refractivity contribution in [2.45, 2.75) is 38.7 Å². The molecule has 2 heteroatoms. The van der Waals surface area contributed by atoms with Crippen molar-refractivity contribution < 1.29 is 9.84 Å². The van der Waals surface area contributed by atoms with Crippen LogP contribution in [0.4, 0.5) is 0 Å². The molecule has 0 aliphatic heterocycles. The molecule has 2 nitrogen and oxygen atoms in total. The number of ether oxygens (including phenoxy) is 1. The Morgan fingerprint density at radius 1 is 1.35 bits per heavy atom. The maximum atomic E-state index is 9.45. The monoisotopic (exact) mass is 234 g/mol. The summed E-state index contributed by atoms with van der Waals surface area (Å²) in [5.74, 6) is 0.840. The first-order chi connectivity index (χ1) is 8.24. The normalized spacial score (nSPS) is 12.1. The molecule has 0 fully saturated rings. The van der Waals surface area contributed by atoms with Crippen LogP contribution < -0.4 is 4.74 Å². The molecule has 0 radical (unpaired) electrons. The van der Waals surface area contributed by atoms with Gasteiger partial charge in [0.15, 0.2) is 0 Å². The number of hydrogen-bond donors (Lipinski definition) is 1. The van der Waals surface area contributed by atoms with Gasteiger partial charge in [-0.3, -0.25) is 0 Å². The van der Waals surface area contributed by atoms with Crippen LogP contribution in [-0.4, -0.2) is 11.7 Å². The highest BCUT2D eigenvalue weighted by molar-refractivity contribution is 5.29. The molecule has 1 atom stereocenters. The second-order valence-electron chi connectivity index (χ2n) is 4.23. The molecule has 1 unspecified atom stereocenters. The van der Waals surface area contributed by atoms with Gasteiger partial charge in [-0.25, -0.2) is 0 Å². The molecule has 0 heterocycles. The van der Waals surface area contributed by atoms with Crippen molar-refractivity contribution in [3.8, 4) is 5.75 Å². The fraction of sp³-hybridized carbons (Fsp3) is 0.467. The van der Waals surface area contributed by atoms with Crippen molar-refractivity contribution in [1.82, 2.24) is 0 Å². The summed E-state index contributed by atoms with van der Waals surface area (Å²) in [5.41, 5.74) is 0.897. The van der Waals surface area contributed by atoms with Crippen molar-refractivity contribution >= 4 is 0 Å². The van der Waals surface area contributed by atoms with Gasteiger partial charge in [-0.1, -0.05) is 18.2 Å². The number of aliphatic hydroxyl groups is 1. The lowest BCUT2D eigenvalue weighted by Crippen LogP contribution is -1.98. The summed E-state index contributed by atoms with van der Waals surface area (Å²) in [6.45, 7) is 6.19. The van der Waals surface area contributed by atoms with E-state index in [4.69, 9.17) is 4.74 Å². The highest BCUT2D eigenvalue weighted by Crippen LogP contribution is 2.19. The van der Waals surface area contributed by atoms with E-state index in [9.17, 15) is 5.11 Å². The van der Waals surface area contributed by atoms with Gasteiger partial charge in [0.2, 0.25) is 0 Å². The van der Waals surface area contributed by atoms with Crippen LogP contribution in [0, 0.1) is 0 Å². The van der Waals surface area contributed by atoms with Crippen LogP contribution in [0.15, 0.2) is 36.9 Å². The second kappa shape index (κ2) is 7.91. The van der Waals surface area contributed by atoms with Gasteiger partial charge < -0.3 is 9.84 Å². The van der Waals surface area contributed by atoms with Gasteiger partial charge >= 0.3 is 0 Å². The molecule has 0 aliphatic carbocycles. The zero-order chi connectivity index (χ0) is 12.5. The Morgan fingerprint density at radius 3 is 2.88 bits per heavy atom. The van der Waals surface area contributed by atoms with Gasteiger partial charge in [-0.05, 0) is 50.3 Å². The van der Waals surface area contributed by atoms with E-state index >= 15 is 0 Å². The SMILES string of the molecule is C=CCCCCCOc1cccc(C(C)O)c1. The van der Waals surface area contributed by atoms with Gasteiger partial charge in [0.05, 0.1) is 12.7 Å². The molecule has 0 amide bonds. The zero-order valence-corrected chi connectivity index (χ0v) is 10.6. The van der Waals surface area contributed by atoms with Gasteiger partial charge in [0, 0.05) is 0 Å². The molecular weight excluding hydrogens is 212 g/mol. The largest absolute Gasteiger partial charge is 0.494 e. The van der Waals surface area contributed by atoms with E-state index < -0.39 is 6.10 Å². The van der Waals surface area contributed by atoms with Gasteiger partial charge in [-0.15, -0.1) is 6.58 Å². The Morgan fingerprint density at radius 2 is 2.18 bits per heavy atom. The van der Waals surface area contributed by atoms with Crippen LogP contribution in [0.2, 0.25) is 0 Å². The number of unbranched alkanes of at least 4 members (excludes halogenated alkanes) is 3. The van der Waals surface area contributed by atoms with Gasteiger partial charge in [0.1, 0.15) is 5.75 Å². The number of benzene rings is 1. The summed E-state index contributed by atoms with van der Waals surface area (Å²) >= 11 is 0. The molecular formula is C15H22O2. The van der Waals surface area contributed by atoms with Crippen LogP contribution in [0.25, 0.3) is 0 Å². The Kier molecular flexibility index (Phi) is 6.41. The smallest absolute Gasteiger partial charge is 0.119 e. The minimum atomic E-state index is -0.439. The van der Waals surface area contributed by atoms with Crippen LogP contribution >= 0.6 is 0 Å². The summed E-state index contributed by atoms with van der Waals surface area (Å²) < 4.78 is 5.64. The van der Waals surface area contributed by atoms with Crippen LogP contribution in [0.5, 0.6) is 5.75 Å². The van der Waals surface area contributed by atoms with E-state index in [-0.39, 0.29) is 0 Å². The van der Waals surface area contributed by atoms with Crippen molar-refractivity contribution in [2.24, 2.45) is 0 Å². The highest BCUT2D eigenvalue weighted by Gasteiger charge is 2.01. The van der Waals surface area contributed by atoms with E-state index in [0.29, 0.717) is 0 Å². The quantitative estimate of drug-likeness (QED) is 0.546. The lowest BCUT2D eigenvalue weighted by molar-refractivity contribution is 0.198. The fourth-order valence-corrected chi connectivity index (χ4v) is 1.62. The molecule has 0 aliphatic rings. The minimum Gasteiger partial charge on any atom is -0.494 e. The van der Waals surface area contributed by atoms with E-state index in [1.807, 2.05) is 30.3 Å². The Labute approximate surface area is 104 Å². The maximum absolute atomic E-state index is 9.45. The van der Waals surface area contributed by atoms with E-state index in [1.165, 1.54) is 12.8 Å². The van der Waals surface area contributed by atoms with E-state index in [1.54, 1.807) is 6.92 Å². The van der Waals surface area contributed by atoms with Gasteiger partial charge in [-0.2, -0.15) is 0 Å². The average Bonchev–Trinajstić information content (AvgIpc) is 2.34. The Balaban J connectivity index is 2.26. The lowest BCUT2D eigenvalue weighted by Gasteiger charge is -2.09. The maximum Gasteiger partial charge on any atom is 0.119 e. The highest BCUT2D eigenvalue weighted by atomic mass is 16.5. The summed E-state index contributed by atoms with van der Waals surface area (Å²) in [5, 5.41) is 9.45. The fourth-order valence-electron chi connectivity index (χ4n) is 1.62. The molecule has 0 spiro atoms. The molecule has 1 N–H and O–H groups in total. The molecule has 0 aromatic heterocycles. The third-order valence-corrected chi connectivity index (χ3v) is 2.66. The molecule has 0 saturated heterocycles. The van der Waals surface area contributed by atoms with Crippen molar-refractivity contribution in [3.63, 3.8) is 0 Å². The molecule has 17 heavy (non-hydrogen) atoms. The van der Waals surface area contributed by atoms with Crippen LogP contribution in [0.1, 0.15) is 44.3 Å². The summed E-state index contributed by atoms with van der Waals surface area (Å²) in [6.07, 6.45) is 6.01. The van der Waals surface area contributed by atoms with E-state index in [0.717, 1.165) is 30.8 Å². The number of hydrogen-bond acceptors (Lipinski definition) is 2. The number of rotatable bonds is 8. The van der Waals surface area contributed by atoms with Crippen LogP contribution in [0.3, 0.4) is 0 Å². The molecule has 94 valence electrons. The number of aliphatic hydroxyl groups excluding tert-OH is 1. The molecule has 1 aromatic carbocycles. The first-order valence-corrected chi connectivity index (χ1v) is 6.25. The zero-order valence-electron chi connectivity index (χ0n) is 10.6. The first kappa shape index (κ1) is 13.8. The first-order valence-electron chi connectivity index (χ1n) is 6.25. The standard InChI is InChI=1S/C15H22O2/c1-3-4-5-6-7-11-17-15-10-8-9-14(12-15)13(2)16/h3,8-10,12-13,16H,1,4-7,11H2,2H3. The summed E-state index contributed by atoms with van der Waals surface area (Å²) in [7, 11) is 0. The van der Waals surface area contributed by atoms with E-state index in [2.05, 4.69) is 6.58 Å². The third kappa shape index (κ3) is 5.55. The van der Waals surface area contributed by atoms with Crippen molar-refractivity contribution in [1.29, 1.82) is 0 Å². The van der Waals surface area contributed by atoms with Crippen molar-refractivity contribution in [3.05, 3.63) is 42.5 Å². The van der Waals surface area contributed by atoms with Crippen molar-refractivity contribution in [2.75, 3.05) is 6.61 Å². The van der Waals surface area contributed by atoms with Gasteiger partial charge in [0.25, 0.3) is 0 Å². The minimum absolute atomic E-state index is 0.439. The molecule has 0 bridgehead atoms. The lowest BCUT2D eigenvalue weighted by atomic mass is 10.1. The number of allylic oxidation sites excluding steroid dienone is 1. The predicted octanol–water partition coefficient (Wildman–Crippen LogP) is 3.87. The third-order valence-electron chi connectivity index (χ3n) is 2.66. The molecule has 1 aromatic rings. The predicted molar refractivity (Wildman–Crippen MR) is 71.2 cm³/mol.